The number of carbonyl (C=O) groups is 1. The molecule has 70 valence electrons. The Morgan fingerprint density at radius 3 is 2.93 bits per heavy atom. The lowest BCUT2D eigenvalue weighted by Gasteiger charge is -2.15. The van der Waals surface area contributed by atoms with Crippen LogP contribution in [-0.2, 0) is 16.0 Å². The number of aryl methyl sites for hydroxylation is 1. The zero-order chi connectivity index (χ0) is 9.54. The lowest BCUT2D eigenvalue weighted by atomic mass is 9.87. The van der Waals surface area contributed by atoms with E-state index in [0.717, 1.165) is 24.0 Å². The fraction of sp³-hybridized carbons (Fsp3) is 0.250. The van der Waals surface area contributed by atoms with Gasteiger partial charge >= 0.3 is 5.97 Å². The number of carbonyl (C=O) groups excluding carboxylic acids is 1. The molecule has 0 unspecified atom stereocenters. The average molecular weight is 186 g/mol. The van der Waals surface area contributed by atoms with Gasteiger partial charge in [-0.25, -0.2) is 4.79 Å². The van der Waals surface area contributed by atoms with Crippen molar-refractivity contribution in [3.63, 3.8) is 0 Å². The van der Waals surface area contributed by atoms with E-state index in [1.165, 1.54) is 11.1 Å². The molecule has 1 aromatic carbocycles. The van der Waals surface area contributed by atoms with Crippen LogP contribution in [0.4, 0.5) is 0 Å². The van der Waals surface area contributed by atoms with Crippen LogP contribution in [0.5, 0.6) is 0 Å². The molecule has 14 heavy (non-hydrogen) atoms. The van der Waals surface area contributed by atoms with Crippen LogP contribution in [-0.4, -0.2) is 12.6 Å². The minimum absolute atomic E-state index is 0.146. The lowest BCUT2D eigenvalue weighted by molar-refractivity contribution is -0.134. The minimum Gasteiger partial charge on any atom is -0.458 e. The second-order valence-electron chi connectivity index (χ2n) is 3.71. The van der Waals surface area contributed by atoms with Crippen molar-refractivity contribution in [2.24, 2.45) is 0 Å². The van der Waals surface area contributed by atoms with Crippen molar-refractivity contribution in [2.45, 2.75) is 12.8 Å². The number of hydrogen-bond acceptors (Lipinski definition) is 2. The summed E-state index contributed by atoms with van der Waals surface area (Å²) in [5, 5.41) is 0. The van der Waals surface area contributed by atoms with Crippen molar-refractivity contribution in [1.82, 2.24) is 0 Å². The quantitative estimate of drug-likeness (QED) is 0.579. The highest BCUT2D eigenvalue weighted by Gasteiger charge is 2.30. The molecule has 1 aromatic rings. The third-order valence-corrected chi connectivity index (χ3v) is 2.92. The molecular weight excluding hydrogens is 176 g/mol. The van der Waals surface area contributed by atoms with Crippen LogP contribution >= 0.6 is 0 Å². The first kappa shape index (κ1) is 7.80. The summed E-state index contributed by atoms with van der Waals surface area (Å²) in [4.78, 5) is 11.5. The van der Waals surface area contributed by atoms with Crippen LogP contribution in [0.2, 0.25) is 0 Å². The molecule has 0 aromatic heterocycles. The van der Waals surface area contributed by atoms with Crippen molar-refractivity contribution < 1.29 is 9.53 Å². The van der Waals surface area contributed by atoms with Gasteiger partial charge in [0.2, 0.25) is 0 Å². The summed E-state index contributed by atoms with van der Waals surface area (Å²) in [5.41, 5.74) is 4.35. The van der Waals surface area contributed by atoms with Gasteiger partial charge in [0, 0.05) is 0 Å². The van der Waals surface area contributed by atoms with Gasteiger partial charge in [0.15, 0.2) is 0 Å². The Labute approximate surface area is 82.2 Å². The second-order valence-corrected chi connectivity index (χ2v) is 3.71. The van der Waals surface area contributed by atoms with Gasteiger partial charge in [0.05, 0.1) is 5.57 Å². The van der Waals surface area contributed by atoms with Crippen LogP contribution in [0.15, 0.2) is 29.8 Å². The van der Waals surface area contributed by atoms with Crippen LogP contribution < -0.4 is 0 Å². The lowest BCUT2D eigenvalue weighted by Crippen LogP contribution is -2.05. The maximum atomic E-state index is 11.5. The summed E-state index contributed by atoms with van der Waals surface area (Å²) >= 11 is 0. The molecule has 0 saturated heterocycles. The molecule has 1 aliphatic carbocycles. The highest BCUT2D eigenvalue weighted by Crippen LogP contribution is 2.35. The Kier molecular flexibility index (Phi) is 1.51. The number of cyclic esters (lactones) is 1. The Bertz CT molecular complexity index is 443. The van der Waals surface area contributed by atoms with E-state index in [2.05, 4.69) is 6.07 Å². The summed E-state index contributed by atoms with van der Waals surface area (Å²) in [7, 11) is 0. The Hall–Kier alpha value is -1.57. The van der Waals surface area contributed by atoms with E-state index in [1.807, 2.05) is 18.2 Å². The van der Waals surface area contributed by atoms with Gasteiger partial charge < -0.3 is 4.74 Å². The van der Waals surface area contributed by atoms with Crippen molar-refractivity contribution >= 4 is 11.5 Å². The number of esters is 1. The molecule has 1 aliphatic heterocycles. The molecule has 0 radical (unpaired) electrons. The fourth-order valence-corrected chi connectivity index (χ4v) is 2.21. The molecule has 0 amide bonds. The summed E-state index contributed by atoms with van der Waals surface area (Å²) in [6.45, 7) is 0.502. The average Bonchev–Trinajstić information content (AvgIpc) is 2.61. The topological polar surface area (TPSA) is 26.3 Å². The summed E-state index contributed by atoms with van der Waals surface area (Å²) in [6, 6.07) is 8.09. The van der Waals surface area contributed by atoms with Gasteiger partial charge in [0.25, 0.3) is 0 Å². The van der Waals surface area contributed by atoms with E-state index in [0.29, 0.717) is 6.61 Å². The Morgan fingerprint density at radius 2 is 2.00 bits per heavy atom. The summed E-state index contributed by atoms with van der Waals surface area (Å²) in [5.74, 6) is -0.146. The molecule has 0 bridgehead atoms. The number of hydrogen-bond donors (Lipinski definition) is 0. The zero-order valence-corrected chi connectivity index (χ0v) is 7.75. The molecule has 0 saturated carbocycles. The van der Waals surface area contributed by atoms with E-state index >= 15 is 0 Å². The van der Waals surface area contributed by atoms with Crippen LogP contribution in [0, 0.1) is 0 Å². The third kappa shape index (κ3) is 0.939. The molecule has 3 rings (SSSR count). The number of ether oxygens (including phenoxy) is 1. The molecule has 2 nitrogen and oxygen atoms in total. The number of rotatable bonds is 0. The third-order valence-electron chi connectivity index (χ3n) is 2.92. The van der Waals surface area contributed by atoms with Crippen LogP contribution in [0.25, 0.3) is 5.57 Å². The van der Waals surface area contributed by atoms with Crippen LogP contribution in [0.3, 0.4) is 0 Å². The highest BCUT2D eigenvalue weighted by atomic mass is 16.5. The fourth-order valence-electron chi connectivity index (χ4n) is 2.21. The molecule has 0 fully saturated rings. The molecular formula is C12H10O2. The smallest absolute Gasteiger partial charge is 0.339 e. The van der Waals surface area contributed by atoms with E-state index in [-0.39, 0.29) is 5.97 Å². The zero-order valence-electron chi connectivity index (χ0n) is 7.75. The molecule has 2 aliphatic rings. The van der Waals surface area contributed by atoms with Crippen molar-refractivity contribution in [3.8, 4) is 0 Å². The standard InChI is InChI=1S/C12H10O2/c13-12-11-9(7-14-12)6-5-8-3-1-2-4-10(8)11/h1-4H,5-7H2. The first-order valence-corrected chi connectivity index (χ1v) is 4.83. The molecule has 1 heterocycles. The van der Waals surface area contributed by atoms with Crippen LogP contribution in [0.1, 0.15) is 17.5 Å². The van der Waals surface area contributed by atoms with E-state index in [4.69, 9.17) is 4.74 Å². The van der Waals surface area contributed by atoms with Crippen molar-refractivity contribution in [1.29, 1.82) is 0 Å². The van der Waals surface area contributed by atoms with E-state index in [9.17, 15) is 4.79 Å². The number of benzene rings is 1. The maximum Gasteiger partial charge on any atom is 0.339 e. The maximum absolute atomic E-state index is 11.5. The van der Waals surface area contributed by atoms with Crippen molar-refractivity contribution in [2.75, 3.05) is 6.61 Å². The molecule has 0 N–H and O–H groups in total. The molecule has 2 heteroatoms. The molecule has 0 atom stereocenters. The van der Waals surface area contributed by atoms with Gasteiger partial charge in [0.1, 0.15) is 6.61 Å². The first-order chi connectivity index (χ1) is 6.86. The summed E-state index contributed by atoms with van der Waals surface area (Å²) in [6.07, 6.45) is 2.00. The minimum atomic E-state index is -0.146. The normalized spacial score (nSPS) is 19.0. The largest absolute Gasteiger partial charge is 0.458 e. The monoisotopic (exact) mass is 186 g/mol. The predicted octanol–water partition coefficient (Wildman–Crippen LogP) is 1.94. The van der Waals surface area contributed by atoms with Gasteiger partial charge in [-0.15, -0.1) is 0 Å². The van der Waals surface area contributed by atoms with Gasteiger partial charge in [-0.05, 0) is 29.5 Å². The van der Waals surface area contributed by atoms with Gasteiger partial charge in [-0.2, -0.15) is 0 Å². The van der Waals surface area contributed by atoms with E-state index in [1.54, 1.807) is 0 Å². The number of fused-ring (bicyclic) bond motifs is 2. The summed E-state index contributed by atoms with van der Waals surface area (Å²) < 4.78 is 5.04. The first-order valence-electron chi connectivity index (χ1n) is 4.83. The van der Waals surface area contributed by atoms with E-state index < -0.39 is 0 Å². The van der Waals surface area contributed by atoms with Gasteiger partial charge in [-0.1, -0.05) is 24.3 Å². The SMILES string of the molecule is O=C1OCC2=C1c1ccccc1CC2. The Morgan fingerprint density at radius 1 is 1.14 bits per heavy atom. The van der Waals surface area contributed by atoms with Crippen molar-refractivity contribution in [3.05, 3.63) is 41.0 Å². The van der Waals surface area contributed by atoms with Gasteiger partial charge in [-0.3, -0.25) is 0 Å². The predicted molar refractivity (Wildman–Crippen MR) is 52.6 cm³/mol. The Balaban J connectivity index is 2.23. The molecule has 0 spiro atoms. The second kappa shape index (κ2) is 2.71. The highest BCUT2D eigenvalue weighted by molar-refractivity contribution is 6.20.